The number of rotatable bonds is 2. The number of hydrogen-bond acceptors (Lipinski definition) is 5. The van der Waals surface area contributed by atoms with Crippen LogP contribution in [0.4, 0.5) is 0 Å². The van der Waals surface area contributed by atoms with Crippen LogP contribution in [0, 0.1) is 11.3 Å². The molecule has 0 atom stereocenters. The molecule has 0 amide bonds. The zero-order chi connectivity index (χ0) is 8.97. The summed E-state index contributed by atoms with van der Waals surface area (Å²) >= 11 is 0. The zero-order valence-electron chi connectivity index (χ0n) is 6.74. The lowest BCUT2D eigenvalue weighted by molar-refractivity contribution is 0.351. The van der Waals surface area contributed by atoms with Gasteiger partial charge in [-0.1, -0.05) is 0 Å². The summed E-state index contributed by atoms with van der Waals surface area (Å²) in [5.74, 6) is 0.226. The number of aromatic nitrogens is 2. The highest BCUT2D eigenvalue weighted by Gasteiger charge is 2.05. The predicted molar refractivity (Wildman–Crippen MR) is 39.9 cm³/mol. The average molecular weight is 165 g/mol. The molecule has 0 fully saturated rings. The number of methoxy groups -OCH3 is 2. The monoisotopic (exact) mass is 165 g/mol. The lowest BCUT2D eigenvalue weighted by Gasteiger charge is -2.01. The van der Waals surface area contributed by atoms with Gasteiger partial charge in [0.15, 0.2) is 0 Å². The van der Waals surface area contributed by atoms with Crippen LogP contribution in [0.1, 0.15) is 5.56 Å². The van der Waals surface area contributed by atoms with Gasteiger partial charge in [-0.25, -0.2) is 4.98 Å². The van der Waals surface area contributed by atoms with Gasteiger partial charge in [0.25, 0.3) is 0 Å². The third kappa shape index (κ3) is 1.42. The fourth-order valence-electron chi connectivity index (χ4n) is 0.682. The molecule has 1 heterocycles. The third-order valence-electron chi connectivity index (χ3n) is 1.23. The van der Waals surface area contributed by atoms with Crippen LogP contribution in [-0.4, -0.2) is 24.2 Å². The van der Waals surface area contributed by atoms with Crippen LogP contribution in [0.5, 0.6) is 11.9 Å². The van der Waals surface area contributed by atoms with Crippen molar-refractivity contribution in [1.29, 1.82) is 5.26 Å². The molecule has 0 aliphatic carbocycles. The second kappa shape index (κ2) is 3.53. The Kier molecular flexibility index (Phi) is 2.43. The van der Waals surface area contributed by atoms with E-state index in [1.165, 1.54) is 20.4 Å². The lowest BCUT2D eigenvalue weighted by Crippen LogP contribution is -1.97. The fraction of sp³-hybridized carbons (Fsp3) is 0.286. The summed E-state index contributed by atoms with van der Waals surface area (Å²) < 4.78 is 9.57. The molecule has 5 heteroatoms. The number of hydrogen-bond donors (Lipinski definition) is 0. The second-order valence-electron chi connectivity index (χ2n) is 1.89. The van der Waals surface area contributed by atoms with Crippen molar-refractivity contribution in [3.8, 4) is 18.0 Å². The van der Waals surface area contributed by atoms with Crippen molar-refractivity contribution in [1.82, 2.24) is 9.97 Å². The van der Waals surface area contributed by atoms with E-state index in [4.69, 9.17) is 14.7 Å². The Labute approximate surface area is 69.6 Å². The quantitative estimate of drug-likeness (QED) is 0.633. The summed E-state index contributed by atoms with van der Waals surface area (Å²) in [6, 6.07) is 2.08. The van der Waals surface area contributed by atoms with Crippen LogP contribution < -0.4 is 9.47 Å². The first kappa shape index (κ1) is 8.27. The van der Waals surface area contributed by atoms with Crippen LogP contribution >= 0.6 is 0 Å². The molecule has 0 saturated heterocycles. The molecule has 0 N–H and O–H groups in total. The average Bonchev–Trinajstić information content (AvgIpc) is 2.16. The van der Waals surface area contributed by atoms with Crippen molar-refractivity contribution in [2.24, 2.45) is 0 Å². The number of nitrogens with zero attached hydrogens (tertiary/aromatic N) is 3. The molecule has 1 aromatic rings. The predicted octanol–water partition coefficient (Wildman–Crippen LogP) is 0.365. The number of nitriles is 1. The summed E-state index contributed by atoms with van der Waals surface area (Å²) in [6.07, 6.45) is 1.35. The van der Waals surface area contributed by atoms with Crippen molar-refractivity contribution in [3.05, 3.63) is 11.8 Å². The van der Waals surface area contributed by atoms with E-state index < -0.39 is 0 Å². The number of ether oxygens (including phenoxy) is 2. The van der Waals surface area contributed by atoms with Crippen LogP contribution in [0.2, 0.25) is 0 Å². The van der Waals surface area contributed by atoms with Crippen molar-refractivity contribution in [2.75, 3.05) is 14.2 Å². The van der Waals surface area contributed by atoms with E-state index in [1.54, 1.807) is 0 Å². The maximum absolute atomic E-state index is 8.56. The summed E-state index contributed by atoms with van der Waals surface area (Å²) in [5.41, 5.74) is 0.290. The Balaban J connectivity index is 3.13. The van der Waals surface area contributed by atoms with Gasteiger partial charge in [0, 0.05) is 0 Å². The van der Waals surface area contributed by atoms with Gasteiger partial charge in [0.1, 0.15) is 11.6 Å². The van der Waals surface area contributed by atoms with E-state index >= 15 is 0 Å². The molecular weight excluding hydrogens is 158 g/mol. The van der Waals surface area contributed by atoms with Gasteiger partial charge in [-0.2, -0.15) is 10.2 Å². The van der Waals surface area contributed by atoms with Gasteiger partial charge in [-0.15, -0.1) is 0 Å². The second-order valence-corrected chi connectivity index (χ2v) is 1.89. The molecule has 1 aromatic heterocycles. The van der Waals surface area contributed by atoms with Gasteiger partial charge in [-0.3, -0.25) is 0 Å². The molecule has 0 bridgehead atoms. The van der Waals surface area contributed by atoms with Gasteiger partial charge in [0.05, 0.1) is 20.4 Å². The van der Waals surface area contributed by atoms with Crippen LogP contribution in [0.3, 0.4) is 0 Å². The Hall–Kier alpha value is -1.83. The van der Waals surface area contributed by atoms with Crippen molar-refractivity contribution < 1.29 is 9.47 Å². The largest absolute Gasteiger partial charge is 0.480 e. The summed E-state index contributed by atoms with van der Waals surface area (Å²) in [7, 11) is 2.88. The molecule has 12 heavy (non-hydrogen) atoms. The normalized spacial score (nSPS) is 8.75. The molecule has 0 unspecified atom stereocenters. The maximum atomic E-state index is 8.56. The first-order valence-electron chi connectivity index (χ1n) is 3.17. The first-order chi connectivity index (χ1) is 5.81. The first-order valence-corrected chi connectivity index (χ1v) is 3.17. The van der Waals surface area contributed by atoms with E-state index in [0.29, 0.717) is 5.56 Å². The fourth-order valence-corrected chi connectivity index (χ4v) is 0.682. The molecule has 5 nitrogen and oxygen atoms in total. The van der Waals surface area contributed by atoms with Crippen molar-refractivity contribution >= 4 is 0 Å². The van der Waals surface area contributed by atoms with E-state index in [-0.39, 0.29) is 11.9 Å². The molecule has 1 rings (SSSR count). The zero-order valence-corrected chi connectivity index (χ0v) is 6.74. The molecule has 62 valence electrons. The smallest absolute Gasteiger partial charge is 0.319 e. The maximum Gasteiger partial charge on any atom is 0.319 e. The standard InChI is InChI=1S/C7H7N3O2/c1-11-6-5(3-8)4-9-7(10-6)12-2/h4H,1-2H3. The van der Waals surface area contributed by atoms with Gasteiger partial charge in [-0.05, 0) is 0 Å². The van der Waals surface area contributed by atoms with Crippen LogP contribution in [-0.2, 0) is 0 Å². The Morgan fingerprint density at radius 1 is 1.42 bits per heavy atom. The molecule has 0 saturated carbocycles. The van der Waals surface area contributed by atoms with Gasteiger partial charge >= 0.3 is 6.01 Å². The minimum Gasteiger partial charge on any atom is -0.480 e. The van der Waals surface area contributed by atoms with Crippen LogP contribution in [0.25, 0.3) is 0 Å². The highest BCUT2D eigenvalue weighted by molar-refractivity contribution is 5.36. The van der Waals surface area contributed by atoms with Crippen molar-refractivity contribution in [2.45, 2.75) is 0 Å². The van der Waals surface area contributed by atoms with E-state index in [9.17, 15) is 0 Å². The molecule has 0 spiro atoms. The Morgan fingerprint density at radius 3 is 2.67 bits per heavy atom. The summed E-state index contributed by atoms with van der Waals surface area (Å²) in [6.45, 7) is 0. The van der Waals surface area contributed by atoms with Crippen molar-refractivity contribution in [3.63, 3.8) is 0 Å². The topological polar surface area (TPSA) is 68.0 Å². The lowest BCUT2D eigenvalue weighted by atomic mass is 10.4. The molecule has 0 aromatic carbocycles. The molecular formula is C7H7N3O2. The SMILES string of the molecule is COc1ncc(C#N)c(OC)n1. The van der Waals surface area contributed by atoms with Gasteiger partial charge in [0.2, 0.25) is 5.88 Å². The minimum absolute atomic E-state index is 0.186. The highest BCUT2D eigenvalue weighted by Crippen LogP contribution is 2.15. The van der Waals surface area contributed by atoms with Crippen LogP contribution in [0.15, 0.2) is 6.20 Å². The Bertz CT molecular complexity index is 319. The highest BCUT2D eigenvalue weighted by atomic mass is 16.5. The summed E-state index contributed by atoms with van der Waals surface area (Å²) in [5, 5.41) is 8.56. The third-order valence-corrected chi connectivity index (χ3v) is 1.23. The minimum atomic E-state index is 0.186. The Morgan fingerprint density at radius 2 is 2.17 bits per heavy atom. The van der Waals surface area contributed by atoms with E-state index in [1.807, 2.05) is 6.07 Å². The molecule has 0 aliphatic heterocycles. The van der Waals surface area contributed by atoms with Gasteiger partial charge < -0.3 is 9.47 Å². The van der Waals surface area contributed by atoms with E-state index in [0.717, 1.165) is 0 Å². The molecule has 0 aliphatic rings. The molecule has 0 radical (unpaired) electrons. The summed E-state index contributed by atoms with van der Waals surface area (Å²) in [4.78, 5) is 7.54. The van der Waals surface area contributed by atoms with E-state index in [2.05, 4.69) is 9.97 Å².